The molecule has 140 valence electrons. The van der Waals surface area contributed by atoms with E-state index >= 15 is 0 Å². The molecule has 0 unspecified atom stereocenters. The molecule has 0 aliphatic carbocycles. The second-order valence-electron chi connectivity index (χ2n) is 5.72. The molecule has 2 aromatic heterocycles. The Labute approximate surface area is 156 Å². The van der Waals surface area contributed by atoms with Crippen molar-refractivity contribution in [2.75, 3.05) is 10.0 Å². The molecule has 27 heavy (non-hydrogen) atoms. The van der Waals surface area contributed by atoms with Gasteiger partial charge in [-0.3, -0.25) is 9.48 Å². The Kier molecular flexibility index (Phi) is 5.46. The first-order chi connectivity index (χ1) is 12.9. The molecule has 9 nitrogen and oxygen atoms in total. The Bertz CT molecular complexity index is 1020. The van der Waals surface area contributed by atoms with Gasteiger partial charge in [-0.2, -0.15) is 5.10 Å². The van der Waals surface area contributed by atoms with Crippen LogP contribution >= 0.6 is 0 Å². The molecule has 3 aromatic rings. The predicted molar refractivity (Wildman–Crippen MR) is 99.5 cm³/mol. The number of nitrogens with zero attached hydrogens (tertiary/aromatic N) is 4. The molecule has 2 N–H and O–H groups in total. The van der Waals surface area contributed by atoms with Gasteiger partial charge in [0.1, 0.15) is 0 Å². The van der Waals surface area contributed by atoms with Crippen molar-refractivity contribution in [3.05, 3.63) is 60.7 Å². The summed E-state index contributed by atoms with van der Waals surface area (Å²) in [6.45, 7) is 2.35. The standard InChI is InChI=1S/C17H18N6O3S/c1-13-7-11-23(21-13)12-8-16(24)20-14-3-5-15(6-4-14)27(25,26)22-17-18-9-2-10-19-17/h2-7,9-11H,8,12H2,1H3,(H,20,24)(H,18,19,22). The zero-order chi connectivity index (χ0) is 19.3. The van der Waals surface area contributed by atoms with Crippen molar-refractivity contribution in [2.24, 2.45) is 0 Å². The number of carbonyl (C=O) groups excluding carboxylic acids is 1. The number of benzene rings is 1. The van der Waals surface area contributed by atoms with E-state index in [9.17, 15) is 13.2 Å². The number of anilines is 2. The number of aromatic nitrogens is 4. The molecule has 0 aliphatic rings. The predicted octanol–water partition coefficient (Wildman–Crippen LogP) is 1.81. The highest BCUT2D eigenvalue weighted by molar-refractivity contribution is 7.92. The van der Waals surface area contributed by atoms with E-state index in [-0.39, 0.29) is 23.2 Å². The lowest BCUT2D eigenvalue weighted by molar-refractivity contribution is -0.116. The number of sulfonamides is 1. The summed E-state index contributed by atoms with van der Waals surface area (Å²) in [4.78, 5) is 19.7. The molecule has 10 heteroatoms. The van der Waals surface area contributed by atoms with Gasteiger partial charge in [0.05, 0.1) is 10.6 Å². The summed E-state index contributed by atoms with van der Waals surface area (Å²) in [5, 5.41) is 6.94. The van der Waals surface area contributed by atoms with E-state index in [2.05, 4.69) is 25.1 Å². The summed E-state index contributed by atoms with van der Waals surface area (Å²) in [5.74, 6) is -0.196. The second kappa shape index (κ2) is 7.96. The van der Waals surface area contributed by atoms with E-state index in [4.69, 9.17) is 0 Å². The van der Waals surface area contributed by atoms with Crippen molar-refractivity contribution in [1.82, 2.24) is 19.7 Å². The van der Waals surface area contributed by atoms with Gasteiger partial charge in [-0.05, 0) is 43.3 Å². The number of aryl methyl sites for hydroxylation is 2. The van der Waals surface area contributed by atoms with Gasteiger partial charge in [0.2, 0.25) is 11.9 Å². The number of nitrogens with one attached hydrogen (secondary N) is 2. The fourth-order valence-electron chi connectivity index (χ4n) is 2.28. The first kappa shape index (κ1) is 18.5. The highest BCUT2D eigenvalue weighted by Gasteiger charge is 2.15. The van der Waals surface area contributed by atoms with Crippen molar-refractivity contribution >= 4 is 27.6 Å². The quantitative estimate of drug-likeness (QED) is 0.639. The van der Waals surface area contributed by atoms with Gasteiger partial charge in [-0.25, -0.2) is 23.1 Å². The Morgan fingerprint density at radius 3 is 2.44 bits per heavy atom. The monoisotopic (exact) mass is 386 g/mol. The third-order valence-electron chi connectivity index (χ3n) is 3.58. The van der Waals surface area contributed by atoms with E-state index < -0.39 is 10.0 Å². The van der Waals surface area contributed by atoms with Crippen LogP contribution in [0, 0.1) is 6.92 Å². The maximum atomic E-state index is 12.3. The zero-order valence-corrected chi connectivity index (χ0v) is 15.3. The number of carbonyl (C=O) groups is 1. The first-order valence-corrected chi connectivity index (χ1v) is 9.60. The topological polar surface area (TPSA) is 119 Å². The van der Waals surface area contributed by atoms with Crippen molar-refractivity contribution in [3.8, 4) is 0 Å². The number of rotatable bonds is 7. The minimum absolute atomic E-state index is 0.0104. The molecule has 0 radical (unpaired) electrons. The molecular formula is C17H18N6O3S. The average molecular weight is 386 g/mol. The van der Waals surface area contributed by atoms with Crippen LogP contribution in [0.15, 0.2) is 59.9 Å². The van der Waals surface area contributed by atoms with Crippen LogP contribution in [0.3, 0.4) is 0 Å². The zero-order valence-electron chi connectivity index (χ0n) is 14.5. The summed E-state index contributed by atoms with van der Waals surface area (Å²) in [7, 11) is -3.80. The van der Waals surface area contributed by atoms with Gasteiger partial charge in [0.25, 0.3) is 10.0 Å². The van der Waals surface area contributed by atoms with Crippen LogP contribution in [0.25, 0.3) is 0 Å². The van der Waals surface area contributed by atoms with Gasteiger partial charge in [-0.1, -0.05) is 0 Å². The molecule has 1 aromatic carbocycles. The lowest BCUT2D eigenvalue weighted by Crippen LogP contribution is -2.16. The fraction of sp³-hybridized carbons (Fsp3) is 0.176. The molecule has 0 aliphatic heterocycles. The fourth-order valence-corrected chi connectivity index (χ4v) is 3.23. The van der Waals surface area contributed by atoms with Crippen LogP contribution in [0.4, 0.5) is 11.6 Å². The Morgan fingerprint density at radius 2 is 1.81 bits per heavy atom. The Morgan fingerprint density at radius 1 is 1.11 bits per heavy atom. The third-order valence-corrected chi connectivity index (χ3v) is 4.93. The average Bonchev–Trinajstić information content (AvgIpc) is 3.06. The molecule has 0 saturated heterocycles. The number of amides is 1. The molecule has 1 amide bonds. The van der Waals surface area contributed by atoms with Crippen LogP contribution in [0.5, 0.6) is 0 Å². The Hall–Kier alpha value is -3.27. The summed E-state index contributed by atoms with van der Waals surface area (Å²) >= 11 is 0. The van der Waals surface area contributed by atoms with Crippen LogP contribution in [-0.4, -0.2) is 34.1 Å². The van der Waals surface area contributed by atoms with E-state index in [1.54, 1.807) is 10.7 Å². The van der Waals surface area contributed by atoms with Crippen LogP contribution in [0.1, 0.15) is 12.1 Å². The summed E-state index contributed by atoms with van der Waals surface area (Å²) in [6, 6.07) is 9.30. The van der Waals surface area contributed by atoms with Crippen molar-refractivity contribution in [3.63, 3.8) is 0 Å². The maximum Gasteiger partial charge on any atom is 0.264 e. The molecule has 0 bridgehead atoms. The van der Waals surface area contributed by atoms with Crippen LogP contribution < -0.4 is 10.0 Å². The van der Waals surface area contributed by atoms with Gasteiger partial charge < -0.3 is 5.32 Å². The molecular weight excluding hydrogens is 368 g/mol. The SMILES string of the molecule is Cc1ccn(CCC(=O)Nc2ccc(S(=O)(=O)Nc3ncccn3)cc2)n1. The third kappa shape index (κ3) is 5.11. The van der Waals surface area contributed by atoms with E-state index in [1.807, 2.05) is 19.2 Å². The highest BCUT2D eigenvalue weighted by Crippen LogP contribution is 2.16. The van der Waals surface area contributed by atoms with Gasteiger partial charge in [-0.15, -0.1) is 0 Å². The normalized spacial score (nSPS) is 11.1. The van der Waals surface area contributed by atoms with E-state index in [0.717, 1.165) is 5.69 Å². The summed E-state index contributed by atoms with van der Waals surface area (Å²) in [5.41, 5.74) is 1.40. The van der Waals surface area contributed by atoms with Crippen LogP contribution in [0.2, 0.25) is 0 Å². The largest absolute Gasteiger partial charge is 0.326 e. The van der Waals surface area contributed by atoms with Gasteiger partial charge in [0, 0.05) is 37.2 Å². The molecule has 0 atom stereocenters. The van der Waals surface area contributed by atoms with Crippen molar-refractivity contribution < 1.29 is 13.2 Å². The van der Waals surface area contributed by atoms with Gasteiger partial charge >= 0.3 is 0 Å². The highest BCUT2D eigenvalue weighted by atomic mass is 32.2. The maximum absolute atomic E-state index is 12.3. The smallest absolute Gasteiger partial charge is 0.264 e. The Balaban J connectivity index is 1.58. The van der Waals surface area contributed by atoms with Crippen LogP contribution in [-0.2, 0) is 21.4 Å². The first-order valence-electron chi connectivity index (χ1n) is 8.12. The summed E-state index contributed by atoms with van der Waals surface area (Å²) in [6.07, 6.45) is 4.95. The number of hydrogen-bond donors (Lipinski definition) is 2. The molecule has 2 heterocycles. The van der Waals surface area contributed by atoms with Crippen molar-refractivity contribution in [2.45, 2.75) is 24.8 Å². The summed E-state index contributed by atoms with van der Waals surface area (Å²) < 4.78 is 28.6. The molecule has 0 saturated carbocycles. The van der Waals surface area contributed by atoms with E-state index in [1.165, 1.54) is 36.7 Å². The molecule has 0 spiro atoms. The number of hydrogen-bond acceptors (Lipinski definition) is 6. The molecule has 3 rings (SSSR count). The minimum Gasteiger partial charge on any atom is -0.326 e. The van der Waals surface area contributed by atoms with Crippen molar-refractivity contribution in [1.29, 1.82) is 0 Å². The molecule has 0 fully saturated rings. The van der Waals surface area contributed by atoms with Gasteiger partial charge in [0.15, 0.2) is 0 Å². The van der Waals surface area contributed by atoms with E-state index in [0.29, 0.717) is 12.2 Å². The lowest BCUT2D eigenvalue weighted by atomic mass is 10.3. The second-order valence-corrected chi connectivity index (χ2v) is 7.40. The minimum atomic E-state index is -3.80. The lowest BCUT2D eigenvalue weighted by Gasteiger charge is -2.08.